The predicted octanol–water partition coefficient (Wildman–Crippen LogP) is 3.81. The zero-order chi connectivity index (χ0) is 20.1. The first kappa shape index (κ1) is 18.3. The highest BCUT2D eigenvalue weighted by molar-refractivity contribution is 7.16. The quantitative estimate of drug-likeness (QED) is 0.569. The fraction of sp³-hybridized carbons (Fsp3) is 0.381. The number of aryl methyl sites for hydroxylation is 1. The van der Waals surface area contributed by atoms with Gasteiger partial charge in [0.1, 0.15) is 0 Å². The summed E-state index contributed by atoms with van der Waals surface area (Å²) in [6.45, 7) is 2.49. The topological polar surface area (TPSA) is 114 Å². The zero-order valence-corrected chi connectivity index (χ0v) is 16.9. The second kappa shape index (κ2) is 6.96. The van der Waals surface area contributed by atoms with E-state index in [1.807, 2.05) is 19.2 Å². The molecule has 7 nitrogen and oxygen atoms in total. The molecule has 0 aromatic carbocycles. The van der Waals surface area contributed by atoms with Gasteiger partial charge in [-0.05, 0) is 55.7 Å². The first-order valence-corrected chi connectivity index (χ1v) is 10.7. The number of aromatic nitrogens is 3. The van der Waals surface area contributed by atoms with Crippen molar-refractivity contribution in [2.75, 3.05) is 6.61 Å². The van der Waals surface area contributed by atoms with E-state index in [1.54, 1.807) is 6.20 Å². The Morgan fingerprint density at radius 2 is 2.21 bits per heavy atom. The number of hydrogen-bond acceptors (Lipinski definition) is 6. The van der Waals surface area contributed by atoms with E-state index in [4.69, 9.17) is 10.5 Å². The number of H-pyrrole nitrogens is 1. The van der Waals surface area contributed by atoms with E-state index in [1.165, 1.54) is 11.3 Å². The molecule has 0 radical (unpaired) electrons. The number of rotatable bonds is 6. The Morgan fingerprint density at radius 1 is 1.38 bits per heavy atom. The Kier molecular flexibility index (Phi) is 4.40. The number of fused-ring (bicyclic) bond motifs is 3. The van der Waals surface area contributed by atoms with Crippen LogP contribution >= 0.6 is 11.3 Å². The number of thiazole rings is 1. The maximum absolute atomic E-state index is 12.1. The van der Waals surface area contributed by atoms with Crippen molar-refractivity contribution in [2.24, 2.45) is 11.7 Å². The number of carboxylic acid groups (broad SMARTS) is 1. The third-order valence-corrected chi connectivity index (χ3v) is 6.65. The average Bonchev–Trinajstić information content (AvgIpc) is 3.32. The first-order chi connectivity index (χ1) is 14.1. The molecule has 1 saturated carbocycles. The van der Waals surface area contributed by atoms with Crippen LogP contribution in [-0.4, -0.2) is 32.6 Å². The Bertz CT molecular complexity index is 1100. The number of aromatic carboxylic acids is 1. The summed E-state index contributed by atoms with van der Waals surface area (Å²) < 4.78 is 5.47. The van der Waals surface area contributed by atoms with Gasteiger partial charge in [-0.25, -0.2) is 9.78 Å². The van der Waals surface area contributed by atoms with Gasteiger partial charge in [-0.3, -0.25) is 4.98 Å². The van der Waals surface area contributed by atoms with Gasteiger partial charge in [0.05, 0.1) is 34.6 Å². The highest BCUT2D eigenvalue weighted by atomic mass is 32.1. The van der Waals surface area contributed by atoms with Crippen molar-refractivity contribution in [3.05, 3.63) is 40.8 Å². The zero-order valence-electron chi connectivity index (χ0n) is 16.1. The number of nitrogens with zero attached hydrogens (tertiary/aromatic N) is 2. The molecule has 29 heavy (non-hydrogen) atoms. The first-order valence-electron chi connectivity index (χ1n) is 9.88. The standard InChI is InChI=1S/C21H22N4O3S/c1-2-28-21-24-9-15(29-21)14-7-13-11(8-23-14)5-6-12-16(20(26)27)19(25-18(12)13)17(22)10-3-4-10/h7-10,17,25H,2-6,22H2,1H3,(H,26,27). The summed E-state index contributed by atoms with van der Waals surface area (Å²) in [5.41, 5.74) is 12.1. The number of carboxylic acids is 1. The summed E-state index contributed by atoms with van der Waals surface area (Å²) in [5, 5.41) is 10.5. The molecule has 2 aliphatic rings. The predicted molar refractivity (Wildman–Crippen MR) is 110 cm³/mol. The number of hydrogen-bond donors (Lipinski definition) is 3. The molecule has 8 heteroatoms. The molecule has 0 amide bonds. The van der Waals surface area contributed by atoms with Crippen LogP contribution in [0.4, 0.5) is 0 Å². The fourth-order valence-electron chi connectivity index (χ4n) is 4.10. The van der Waals surface area contributed by atoms with Gasteiger partial charge in [0.2, 0.25) is 0 Å². The van der Waals surface area contributed by atoms with Gasteiger partial charge in [0.25, 0.3) is 5.19 Å². The van der Waals surface area contributed by atoms with Crippen molar-refractivity contribution >= 4 is 17.3 Å². The minimum atomic E-state index is -0.907. The number of carbonyl (C=O) groups is 1. The monoisotopic (exact) mass is 410 g/mol. The van der Waals surface area contributed by atoms with Gasteiger partial charge >= 0.3 is 5.97 Å². The molecule has 0 bridgehead atoms. The van der Waals surface area contributed by atoms with Crippen LogP contribution in [0.1, 0.15) is 53.0 Å². The minimum Gasteiger partial charge on any atom is -0.478 e. The number of nitrogens with two attached hydrogens (primary N) is 1. The molecule has 0 saturated heterocycles. The van der Waals surface area contributed by atoms with Gasteiger partial charge in [-0.2, -0.15) is 0 Å². The lowest BCUT2D eigenvalue weighted by Gasteiger charge is -2.17. The Balaban J connectivity index is 1.60. The molecule has 3 heterocycles. The average molecular weight is 410 g/mol. The van der Waals surface area contributed by atoms with Crippen LogP contribution < -0.4 is 10.5 Å². The van der Waals surface area contributed by atoms with E-state index in [2.05, 4.69) is 15.0 Å². The second-order valence-electron chi connectivity index (χ2n) is 7.59. The SMILES string of the molecule is CCOc1ncc(-c2cc3c(cn2)CCc2c-3[nH]c(C(N)C3CC3)c2C(=O)O)s1. The van der Waals surface area contributed by atoms with E-state index in [9.17, 15) is 9.90 Å². The molecule has 3 aromatic heterocycles. The van der Waals surface area contributed by atoms with Gasteiger partial charge in [0, 0.05) is 23.5 Å². The van der Waals surface area contributed by atoms with Crippen LogP contribution in [0.15, 0.2) is 18.5 Å². The largest absolute Gasteiger partial charge is 0.478 e. The lowest BCUT2D eigenvalue weighted by atomic mass is 9.88. The Hall–Kier alpha value is -2.71. The van der Waals surface area contributed by atoms with Gasteiger partial charge in [-0.15, -0.1) is 0 Å². The van der Waals surface area contributed by atoms with Crippen molar-refractivity contribution in [2.45, 2.75) is 38.6 Å². The lowest BCUT2D eigenvalue weighted by molar-refractivity contribution is 0.0694. The summed E-state index contributed by atoms with van der Waals surface area (Å²) in [7, 11) is 0. The fourth-order valence-corrected chi connectivity index (χ4v) is 4.89. The molecule has 4 N–H and O–H groups in total. The van der Waals surface area contributed by atoms with Crippen LogP contribution in [0.3, 0.4) is 0 Å². The molecule has 3 aromatic rings. The lowest BCUT2D eigenvalue weighted by Crippen LogP contribution is -2.17. The van der Waals surface area contributed by atoms with Crippen molar-refractivity contribution < 1.29 is 14.6 Å². The van der Waals surface area contributed by atoms with E-state index in [0.717, 1.165) is 52.2 Å². The molecule has 5 rings (SSSR count). The molecule has 0 aliphatic heterocycles. The van der Waals surface area contributed by atoms with Gasteiger partial charge in [0.15, 0.2) is 0 Å². The summed E-state index contributed by atoms with van der Waals surface area (Å²) >= 11 is 1.45. The molecule has 1 unspecified atom stereocenters. The van der Waals surface area contributed by atoms with E-state index in [0.29, 0.717) is 35.4 Å². The third-order valence-electron chi connectivity index (χ3n) is 5.71. The van der Waals surface area contributed by atoms with Crippen molar-refractivity contribution in [1.29, 1.82) is 0 Å². The Labute approximate surface area is 172 Å². The molecular formula is C21H22N4O3S. The molecule has 1 fully saturated rings. The summed E-state index contributed by atoms with van der Waals surface area (Å²) in [4.78, 5) is 25.3. The molecular weight excluding hydrogens is 388 g/mol. The van der Waals surface area contributed by atoms with E-state index >= 15 is 0 Å². The van der Waals surface area contributed by atoms with Crippen molar-refractivity contribution in [3.63, 3.8) is 0 Å². The summed E-state index contributed by atoms with van der Waals surface area (Å²) in [6.07, 6.45) is 7.20. The van der Waals surface area contributed by atoms with Crippen LogP contribution in [0.25, 0.3) is 21.8 Å². The molecule has 0 spiro atoms. The number of nitrogens with one attached hydrogen (secondary N) is 1. The number of aromatic amines is 1. The minimum absolute atomic E-state index is 0.258. The van der Waals surface area contributed by atoms with Crippen molar-refractivity contribution in [1.82, 2.24) is 15.0 Å². The molecule has 1 atom stereocenters. The van der Waals surface area contributed by atoms with Crippen LogP contribution in [0.2, 0.25) is 0 Å². The van der Waals surface area contributed by atoms with E-state index in [-0.39, 0.29) is 6.04 Å². The number of ether oxygens (including phenoxy) is 1. The highest BCUT2D eigenvalue weighted by Gasteiger charge is 2.36. The normalized spacial score (nSPS) is 16.2. The third kappa shape index (κ3) is 3.12. The smallest absolute Gasteiger partial charge is 0.337 e. The van der Waals surface area contributed by atoms with Gasteiger partial charge < -0.3 is 20.6 Å². The van der Waals surface area contributed by atoms with Crippen LogP contribution in [-0.2, 0) is 12.8 Å². The summed E-state index contributed by atoms with van der Waals surface area (Å²) in [5.74, 6) is -0.537. The maximum Gasteiger partial charge on any atom is 0.337 e. The Morgan fingerprint density at radius 3 is 2.93 bits per heavy atom. The highest BCUT2D eigenvalue weighted by Crippen LogP contribution is 2.44. The molecule has 150 valence electrons. The number of pyridine rings is 1. The van der Waals surface area contributed by atoms with E-state index < -0.39 is 5.97 Å². The maximum atomic E-state index is 12.1. The molecule has 2 aliphatic carbocycles. The summed E-state index contributed by atoms with van der Waals surface area (Å²) in [6, 6.07) is 1.76. The second-order valence-corrected chi connectivity index (χ2v) is 8.58. The van der Waals surface area contributed by atoms with Crippen LogP contribution in [0.5, 0.6) is 5.19 Å². The van der Waals surface area contributed by atoms with Crippen molar-refractivity contribution in [3.8, 4) is 27.0 Å². The van der Waals surface area contributed by atoms with Gasteiger partial charge in [-0.1, -0.05) is 11.3 Å². The van der Waals surface area contributed by atoms with Crippen LogP contribution in [0, 0.1) is 5.92 Å².